The van der Waals surface area contributed by atoms with Gasteiger partial charge in [0, 0.05) is 26.7 Å². The summed E-state index contributed by atoms with van der Waals surface area (Å²) in [7, 11) is 0. The van der Waals surface area contributed by atoms with Crippen LogP contribution in [-0.2, 0) is 25.6 Å². The molecule has 0 aliphatic heterocycles. The minimum Gasteiger partial charge on any atom is -0.662 e. The minimum absolute atomic E-state index is 0. The monoisotopic (exact) mass is 420 g/mol. The van der Waals surface area contributed by atoms with Gasteiger partial charge in [0.1, 0.15) is 0 Å². The number of aliphatic hydroxyl groups excluding tert-OH is 1. The summed E-state index contributed by atoms with van der Waals surface area (Å²) in [6.07, 6.45) is 0. The van der Waals surface area contributed by atoms with E-state index >= 15 is 0 Å². The van der Waals surface area contributed by atoms with Gasteiger partial charge in [-0.15, -0.1) is 0 Å². The summed E-state index contributed by atoms with van der Waals surface area (Å²) < 4.78 is 0. The zero-order chi connectivity index (χ0) is 11.4. The number of hydrogen-bond donors (Lipinski definition) is 1. The smallest absolute Gasteiger partial charge is 0.0377 e. The maximum Gasteiger partial charge on any atom is 0.0377 e. The molecule has 2 aromatic carbocycles. The van der Waals surface area contributed by atoms with Gasteiger partial charge in [0.2, 0.25) is 0 Å². The molecule has 0 unspecified atom stereocenters. The summed E-state index contributed by atoms with van der Waals surface area (Å²) >= 11 is 0. The maximum absolute atomic E-state index is 9.50. The van der Waals surface area contributed by atoms with Gasteiger partial charge in [-0.25, -0.2) is 0 Å². The van der Waals surface area contributed by atoms with Crippen LogP contribution in [0.25, 0.3) is 5.73 Å². The molecule has 1 radical (unpaired) electrons. The number of nitrogens with one attached hydrogen (secondary N) is 1. The van der Waals surface area contributed by atoms with Crippen molar-refractivity contribution in [2.24, 2.45) is 0 Å². The number of benzene rings is 2. The molecule has 3 heteroatoms. The molecule has 0 aromatic heterocycles. The first-order valence-corrected chi connectivity index (χ1v) is 5.24. The molecule has 0 heterocycles. The Hall–Kier alpha value is -0.991. The van der Waals surface area contributed by atoms with Crippen molar-refractivity contribution in [2.75, 3.05) is 6.61 Å². The van der Waals surface area contributed by atoms with E-state index in [1.165, 1.54) is 0 Å². The van der Waals surface area contributed by atoms with Gasteiger partial charge in [-0.1, -0.05) is 71.8 Å². The van der Waals surface area contributed by atoms with Gasteiger partial charge in [-0.3, -0.25) is 0 Å². The van der Waals surface area contributed by atoms with Crippen molar-refractivity contribution in [3.8, 4) is 0 Å². The van der Waals surface area contributed by atoms with Gasteiger partial charge in [-0.05, 0) is 5.54 Å². The van der Waals surface area contributed by atoms with Crippen molar-refractivity contribution >= 4 is 0 Å². The average molecular weight is 420 g/mol. The summed E-state index contributed by atoms with van der Waals surface area (Å²) in [6.45, 7) is -0.221. The number of hydrogen-bond acceptors (Lipinski definition) is 1. The average Bonchev–Trinajstić information content (AvgIpc) is 2.40. The summed E-state index contributed by atoms with van der Waals surface area (Å²) in [5.74, 6) is 0. The Balaban J connectivity index is 0.00000144. The van der Waals surface area contributed by atoms with E-state index in [4.69, 9.17) is 5.73 Å². The van der Waals surface area contributed by atoms with Gasteiger partial charge in [0.05, 0.1) is 0 Å². The van der Waals surface area contributed by atoms with Gasteiger partial charge in [0.15, 0.2) is 0 Å². The molecule has 0 atom stereocenters. The van der Waals surface area contributed by atoms with E-state index in [0.717, 1.165) is 11.1 Å². The predicted molar refractivity (Wildman–Crippen MR) is 71.5 cm³/mol. The molecule has 2 nitrogen and oxygen atoms in total. The van der Waals surface area contributed by atoms with E-state index in [9.17, 15) is 5.11 Å². The van der Waals surface area contributed by atoms with Gasteiger partial charge in [-0.2, -0.15) is 0 Å². The van der Waals surface area contributed by atoms with Crippen LogP contribution in [0.2, 0.25) is 0 Å². The third kappa shape index (κ3) is 3.27. The van der Waals surface area contributed by atoms with Crippen molar-refractivity contribution < 1.29 is 25.2 Å². The summed E-state index contributed by atoms with van der Waals surface area (Å²) in [6, 6.07) is 18.8. The standard InChI is InChI=1S/C14H14NO.CH3.Ir/c15-14(11-16,12-7-3-1-4-8-12)13-9-5-2-6-10-13;;/h1-10,15-16H,11H2;1H3;/q2*-1;. The molecule has 0 amide bonds. The van der Waals surface area contributed by atoms with Crippen LogP contribution in [0.15, 0.2) is 60.7 Å². The fraction of sp³-hybridized carbons (Fsp3) is 0.133. The third-order valence-electron chi connectivity index (χ3n) is 2.77. The second kappa shape index (κ2) is 7.45. The Morgan fingerprint density at radius 2 is 1.17 bits per heavy atom. The normalized spacial score (nSPS) is 10.1. The van der Waals surface area contributed by atoms with Crippen molar-refractivity contribution in [1.29, 1.82) is 0 Å². The van der Waals surface area contributed by atoms with E-state index in [1.807, 2.05) is 60.7 Å². The first-order chi connectivity index (χ1) is 7.77. The maximum atomic E-state index is 9.50. The molecule has 2 rings (SSSR count). The van der Waals surface area contributed by atoms with Gasteiger partial charge >= 0.3 is 0 Å². The second-order valence-electron chi connectivity index (χ2n) is 3.80. The Labute approximate surface area is 122 Å². The van der Waals surface area contributed by atoms with Gasteiger partial charge in [0.25, 0.3) is 0 Å². The Morgan fingerprint density at radius 3 is 1.44 bits per heavy atom. The van der Waals surface area contributed by atoms with E-state index < -0.39 is 5.54 Å². The first kappa shape index (κ1) is 17.0. The summed E-state index contributed by atoms with van der Waals surface area (Å²) in [4.78, 5) is 0. The molecule has 99 valence electrons. The first-order valence-electron chi connectivity index (χ1n) is 5.24. The molecule has 2 N–H and O–H groups in total. The van der Waals surface area contributed by atoms with Crippen molar-refractivity contribution in [2.45, 2.75) is 5.54 Å². The molecule has 0 spiro atoms. The Morgan fingerprint density at radius 1 is 0.833 bits per heavy atom. The third-order valence-corrected chi connectivity index (χ3v) is 2.77. The van der Waals surface area contributed by atoms with Crippen molar-refractivity contribution in [3.05, 3.63) is 85.0 Å². The van der Waals surface area contributed by atoms with Crippen LogP contribution in [0, 0.1) is 7.43 Å². The molecular weight excluding hydrogens is 402 g/mol. The minimum atomic E-state index is -1.07. The van der Waals surface area contributed by atoms with Crippen LogP contribution in [0.5, 0.6) is 0 Å². The topological polar surface area (TPSA) is 44.0 Å². The van der Waals surface area contributed by atoms with E-state index in [0.29, 0.717) is 0 Å². The zero-order valence-electron chi connectivity index (χ0n) is 10.3. The molecule has 18 heavy (non-hydrogen) atoms. The molecule has 0 fully saturated rings. The number of aliphatic hydroxyl groups is 1. The van der Waals surface area contributed by atoms with E-state index in [2.05, 4.69) is 0 Å². The quantitative estimate of drug-likeness (QED) is 0.762. The molecule has 0 aliphatic rings. The van der Waals surface area contributed by atoms with Crippen molar-refractivity contribution in [1.82, 2.24) is 0 Å². The number of rotatable bonds is 3. The largest absolute Gasteiger partial charge is 0.662 e. The SMILES string of the molecule is [CH3-].[Ir].[NH-]C(CO)(c1ccccc1)c1ccccc1. The molecule has 0 saturated heterocycles. The molecule has 0 saturated carbocycles. The summed E-state index contributed by atoms with van der Waals surface area (Å²) in [5.41, 5.74) is 8.95. The van der Waals surface area contributed by atoms with Crippen LogP contribution in [-0.4, -0.2) is 11.7 Å². The molecule has 0 aliphatic carbocycles. The molecule has 2 aromatic rings. The van der Waals surface area contributed by atoms with Crippen molar-refractivity contribution in [3.63, 3.8) is 0 Å². The molecular formula is C15H17IrNO-2. The molecule has 0 bridgehead atoms. The predicted octanol–water partition coefficient (Wildman–Crippen LogP) is 3.42. The Kier molecular flexibility index (Phi) is 7.04. The fourth-order valence-corrected chi connectivity index (χ4v) is 1.79. The van der Waals surface area contributed by atoms with Crippen LogP contribution in [0.1, 0.15) is 11.1 Å². The Bertz CT molecular complexity index is 405. The zero-order valence-corrected chi connectivity index (χ0v) is 12.7. The van der Waals surface area contributed by atoms with Crippen LogP contribution < -0.4 is 0 Å². The van der Waals surface area contributed by atoms with Crippen LogP contribution in [0.4, 0.5) is 0 Å². The van der Waals surface area contributed by atoms with Gasteiger partial charge < -0.3 is 18.3 Å². The van der Waals surface area contributed by atoms with E-state index in [-0.39, 0.29) is 34.1 Å². The summed E-state index contributed by atoms with van der Waals surface area (Å²) in [5, 5.41) is 9.50. The second-order valence-corrected chi connectivity index (χ2v) is 3.80. The van der Waals surface area contributed by atoms with Crippen LogP contribution >= 0.6 is 0 Å². The fourth-order valence-electron chi connectivity index (χ4n) is 1.79. The van der Waals surface area contributed by atoms with E-state index in [1.54, 1.807) is 0 Å². The van der Waals surface area contributed by atoms with Crippen LogP contribution in [0.3, 0.4) is 0 Å².